The molecule has 0 fully saturated rings. The van der Waals surface area contributed by atoms with Crippen LogP contribution in [-0.2, 0) is 7.05 Å². The number of hydrogen-bond acceptors (Lipinski definition) is 3. The fraction of sp³-hybridized carbons (Fsp3) is 0.0625. The van der Waals surface area contributed by atoms with Crippen LogP contribution in [0.25, 0.3) is 21.8 Å². The largest absolute Gasteiger partial charge is 0.360 e. The van der Waals surface area contributed by atoms with E-state index >= 15 is 0 Å². The van der Waals surface area contributed by atoms with E-state index in [-0.39, 0.29) is 0 Å². The number of aryl methyl sites for hydroxylation is 1. The van der Waals surface area contributed by atoms with E-state index < -0.39 is 0 Å². The third kappa shape index (κ3) is 2.55. The van der Waals surface area contributed by atoms with E-state index in [4.69, 9.17) is 23.2 Å². The lowest BCUT2D eigenvalue weighted by molar-refractivity contribution is 0.802. The van der Waals surface area contributed by atoms with Crippen molar-refractivity contribution in [3.8, 4) is 0 Å². The second-order valence-electron chi connectivity index (χ2n) is 5.15. The van der Waals surface area contributed by atoms with E-state index in [0.717, 1.165) is 32.5 Å². The Kier molecular flexibility index (Phi) is 3.64. The monoisotopic (exact) mass is 362 g/mol. The molecular weight excluding hydrogens is 351 g/mol. The van der Waals surface area contributed by atoms with Crippen molar-refractivity contribution in [1.29, 1.82) is 0 Å². The zero-order chi connectivity index (χ0) is 16.0. The molecular formula is C16H12Cl2N4S. The summed E-state index contributed by atoms with van der Waals surface area (Å²) in [5.41, 5.74) is 2.00. The van der Waals surface area contributed by atoms with Crippen LogP contribution in [0.5, 0.6) is 0 Å². The van der Waals surface area contributed by atoms with Crippen molar-refractivity contribution in [2.24, 2.45) is 7.05 Å². The van der Waals surface area contributed by atoms with Crippen LogP contribution in [0.15, 0.2) is 47.5 Å². The van der Waals surface area contributed by atoms with Crippen LogP contribution in [0.2, 0.25) is 10.0 Å². The van der Waals surface area contributed by atoms with Gasteiger partial charge in [-0.2, -0.15) is 5.10 Å². The molecule has 0 spiro atoms. The minimum Gasteiger partial charge on any atom is -0.360 e. The topological polar surface area (TPSA) is 45.6 Å². The molecule has 0 atom stereocenters. The van der Waals surface area contributed by atoms with Crippen LogP contribution in [0.4, 0.5) is 5.82 Å². The molecule has 0 bridgehead atoms. The van der Waals surface area contributed by atoms with Gasteiger partial charge in [-0.05, 0) is 36.2 Å². The number of aromatic nitrogens is 3. The molecule has 0 amide bonds. The number of aromatic amines is 1. The molecule has 0 unspecified atom stereocenters. The molecule has 2 aromatic carbocycles. The van der Waals surface area contributed by atoms with Gasteiger partial charge in [0.25, 0.3) is 0 Å². The Morgan fingerprint density at radius 1 is 1.22 bits per heavy atom. The van der Waals surface area contributed by atoms with Crippen LogP contribution in [-0.4, -0.2) is 14.8 Å². The van der Waals surface area contributed by atoms with Crippen molar-refractivity contribution in [3.63, 3.8) is 0 Å². The van der Waals surface area contributed by atoms with Gasteiger partial charge in [-0.1, -0.05) is 35.3 Å². The fourth-order valence-electron chi connectivity index (χ4n) is 2.60. The molecule has 0 radical (unpaired) electrons. The summed E-state index contributed by atoms with van der Waals surface area (Å²) in [4.78, 5) is 4.29. The molecule has 0 aliphatic rings. The van der Waals surface area contributed by atoms with Crippen molar-refractivity contribution in [2.75, 3.05) is 4.72 Å². The summed E-state index contributed by atoms with van der Waals surface area (Å²) in [6.45, 7) is 0. The molecule has 4 rings (SSSR count). The van der Waals surface area contributed by atoms with Crippen molar-refractivity contribution < 1.29 is 0 Å². The summed E-state index contributed by atoms with van der Waals surface area (Å²) in [5, 5.41) is 7.94. The van der Waals surface area contributed by atoms with Gasteiger partial charge in [0.05, 0.1) is 20.8 Å². The van der Waals surface area contributed by atoms with Crippen molar-refractivity contribution in [1.82, 2.24) is 14.8 Å². The van der Waals surface area contributed by atoms with Crippen LogP contribution in [0, 0.1) is 0 Å². The van der Waals surface area contributed by atoms with Crippen LogP contribution in [0.1, 0.15) is 0 Å². The summed E-state index contributed by atoms with van der Waals surface area (Å²) in [6.07, 6.45) is 1.95. The van der Waals surface area contributed by atoms with Crippen LogP contribution >= 0.6 is 35.1 Å². The summed E-state index contributed by atoms with van der Waals surface area (Å²) in [6, 6.07) is 11.6. The Morgan fingerprint density at radius 3 is 2.96 bits per heavy atom. The summed E-state index contributed by atoms with van der Waals surface area (Å²) >= 11 is 13.8. The maximum Gasteiger partial charge on any atom is 0.167 e. The minimum atomic E-state index is 0.685. The summed E-state index contributed by atoms with van der Waals surface area (Å²) in [7, 11) is 1.90. The predicted molar refractivity (Wildman–Crippen MR) is 98.5 cm³/mol. The SMILES string of the molecule is Cn1nc(NSc2c[nH]c3cc(Cl)ccc23)c2c(Cl)cccc21. The zero-order valence-electron chi connectivity index (χ0n) is 12.1. The highest BCUT2D eigenvalue weighted by Gasteiger charge is 2.13. The Balaban J connectivity index is 1.69. The lowest BCUT2D eigenvalue weighted by Gasteiger charge is -2.02. The molecule has 7 heteroatoms. The van der Waals surface area contributed by atoms with Crippen molar-refractivity contribution in [3.05, 3.63) is 52.6 Å². The zero-order valence-corrected chi connectivity index (χ0v) is 14.4. The van der Waals surface area contributed by atoms with Gasteiger partial charge in [0.2, 0.25) is 0 Å². The second-order valence-corrected chi connectivity index (χ2v) is 6.84. The van der Waals surface area contributed by atoms with Gasteiger partial charge in [-0.3, -0.25) is 4.68 Å². The quantitative estimate of drug-likeness (QED) is 0.474. The lowest BCUT2D eigenvalue weighted by Crippen LogP contribution is -1.91. The highest BCUT2D eigenvalue weighted by atomic mass is 35.5. The van der Waals surface area contributed by atoms with Gasteiger partial charge >= 0.3 is 0 Å². The average Bonchev–Trinajstić information content (AvgIpc) is 3.07. The Hall–Kier alpha value is -1.82. The maximum atomic E-state index is 6.33. The maximum absolute atomic E-state index is 6.33. The number of nitrogens with one attached hydrogen (secondary N) is 2. The minimum absolute atomic E-state index is 0.685. The number of benzene rings is 2. The number of H-pyrrole nitrogens is 1. The number of anilines is 1. The molecule has 0 aliphatic heterocycles. The molecule has 4 nitrogen and oxygen atoms in total. The summed E-state index contributed by atoms with van der Waals surface area (Å²) < 4.78 is 5.12. The smallest absolute Gasteiger partial charge is 0.167 e. The Bertz CT molecular complexity index is 1020. The van der Waals surface area contributed by atoms with E-state index in [2.05, 4.69) is 14.8 Å². The molecule has 0 saturated heterocycles. The van der Waals surface area contributed by atoms with E-state index in [0.29, 0.717) is 10.0 Å². The van der Waals surface area contributed by atoms with Crippen molar-refractivity contribution >= 4 is 62.8 Å². The van der Waals surface area contributed by atoms with E-state index in [9.17, 15) is 0 Å². The first kappa shape index (κ1) is 14.8. The van der Waals surface area contributed by atoms with Crippen molar-refractivity contribution in [2.45, 2.75) is 4.90 Å². The lowest BCUT2D eigenvalue weighted by atomic mass is 10.2. The molecule has 2 N–H and O–H groups in total. The normalized spacial score (nSPS) is 11.4. The first-order valence-electron chi connectivity index (χ1n) is 6.94. The number of halogens is 2. The fourth-order valence-corrected chi connectivity index (χ4v) is 3.79. The van der Waals surface area contributed by atoms with Gasteiger partial charge in [0.1, 0.15) is 0 Å². The first-order chi connectivity index (χ1) is 11.1. The van der Waals surface area contributed by atoms with Gasteiger partial charge in [-0.15, -0.1) is 0 Å². The number of nitrogens with zero attached hydrogens (tertiary/aromatic N) is 2. The van der Waals surface area contributed by atoms with Gasteiger partial charge < -0.3 is 9.71 Å². The third-order valence-corrected chi connectivity index (χ3v) is 5.09. The molecule has 0 saturated carbocycles. The highest BCUT2D eigenvalue weighted by molar-refractivity contribution is 8.00. The molecule has 23 heavy (non-hydrogen) atoms. The van der Waals surface area contributed by atoms with Crippen LogP contribution in [0.3, 0.4) is 0 Å². The summed E-state index contributed by atoms with van der Waals surface area (Å²) in [5.74, 6) is 0.751. The van der Waals surface area contributed by atoms with Gasteiger partial charge in [0.15, 0.2) is 5.82 Å². The average molecular weight is 363 g/mol. The predicted octanol–water partition coefficient (Wildman–Crippen LogP) is 5.48. The van der Waals surface area contributed by atoms with E-state index in [1.54, 1.807) is 0 Å². The first-order valence-corrected chi connectivity index (χ1v) is 8.51. The third-order valence-electron chi connectivity index (χ3n) is 3.69. The molecule has 0 aliphatic carbocycles. The highest BCUT2D eigenvalue weighted by Crippen LogP contribution is 2.34. The molecule has 4 aromatic rings. The Labute approximate surface area is 146 Å². The number of fused-ring (bicyclic) bond motifs is 2. The number of rotatable bonds is 3. The number of hydrogen-bond donors (Lipinski definition) is 2. The van der Waals surface area contributed by atoms with Gasteiger partial charge in [-0.25, -0.2) is 0 Å². The Morgan fingerprint density at radius 2 is 2.09 bits per heavy atom. The van der Waals surface area contributed by atoms with E-state index in [1.165, 1.54) is 11.9 Å². The molecule has 2 aromatic heterocycles. The van der Waals surface area contributed by atoms with E-state index in [1.807, 2.05) is 54.3 Å². The van der Waals surface area contributed by atoms with Crippen LogP contribution < -0.4 is 4.72 Å². The molecule has 116 valence electrons. The molecule has 2 heterocycles. The van der Waals surface area contributed by atoms with Gasteiger partial charge in [0, 0.05) is 29.2 Å². The standard InChI is InChI=1S/C16H12Cl2N4S/c1-22-13-4-2-3-11(18)15(13)16(20-22)21-23-14-8-19-12-7-9(17)5-6-10(12)14/h2-8,19H,1H3,(H,20,21). The second kappa shape index (κ2) is 5.67.